The highest BCUT2D eigenvalue weighted by Crippen LogP contribution is 2.36. The molecule has 4 nitrogen and oxygen atoms in total. The number of hydrogen-bond acceptors (Lipinski definition) is 3. The fourth-order valence-electron chi connectivity index (χ4n) is 3.11. The summed E-state index contributed by atoms with van der Waals surface area (Å²) in [4.78, 5) is 0. The first-order chi connectivity index (χ1) is 12.4. The van der Waals surface area contributed by atoms with Gasteiger partial charge in [0, 0.05) is 22.2 Å². The summed E-state index contributed by atoms with van der Waals surface area (Å²) >= 11 is 6.97. The molecule has 1 aliphatic heterocycles. The molecular formula is C20H23Br2N2O2+. The number of benzene rings is 2. The van der Waals surface area contributed by atoms with E-state index in [9.17, 15) is 5.11 Å². The monoisotopic (exact) mass is 481 g/mol. The molecule has 0 bridgehead atoms. The van der Waals surface area contributed by atoms with Crippen LogP contribution >= 0.6 is 31.9 Å². The molecule has 1 aliphatic rings. The third kappa shape index (κ3) is 4.08. The van der Waals surface area contributed by atoms with Crippen molar-refractivity contribution in [1.29, 1.82) is 0 Å². The molecule has 0 spiro atoms. The SMILES string of the molecule is COc1ccc(C2=CC(c3cc(Br)cc(Br)c3O)[NH2+]C(C(C)C)N2)cc1. The van der Waals surface area contributed by atoms with Gasteiger partial charge in [-0.15, -0.1) is 0 Å². The second kappa shape index (κ2) is 8.03. The molecule has 2 unspecified atom stereocenters. The Balaban J connectivity index is 2.03. The summed E-state index contributed by atoms with van der Waals surface area (Å²) in [5.74, 6) is 1.55. The van der Waals surface area contributed by atoms with Crippen LogP contribution in [0.3, 0.4) is 0 Å². The lowest BCUT2D eigenvalue weighted by Crippen LogP contribution is -2.96. The lowest BCUT2D eigenvalue weighted by atomic mass is 9.97. The van der Waals surface area contributed by atoms with E-state index in [-0.39, 0.29) is 18.0 Å². The predicted molar refractivity (Wildman–Crippen MR) is 111 cm³/mol. The fraction of sp³-hybridized carbons (Fsp3) is 0.300. The number of hydrogen-bond donors (Lipinski definition) is 3. The van der Waals surface area contributed by atoms with Crippen molar-refractivity contribution in [2.45, 2.75) is 26.1 Å². The molecule has 0 saturated carbocycles. The maximum atomic E-state index is 10.6. The maximum Gasteiger partial charge on any atom is 0.162 e. The number of rotatable bonds is 4. The quantitative estimate of drug-likeness (QED) is 0.613. The van der Waals surface area contributed by atoms with E-state index in [4.69, 9.17) is 4.74 Å². The largest absolute Gasteiger partial charge is 0.506 e. The number of quaternary nitrogens is 1. The van der Waals surface area contributed by atoms with E-state index in [1.54, 1.807) is 7.11 Å². The van der Waals surface area contributed by atoms with Crippen LogP contribution < -0.4 is 15.4 Å². The molecule has 26 heavy (non-hydrogen) atoms. The van der Waals surface area contributed by atoms with Gasteiger partial charge in [-0.3, -0.25) is 0 Å². The average Bonchev–Trinajstić information content (AvgIpc) is 2.64. The van der Waals surface area contributed by atoms with Crippen LogP contribution in [-0.4, -0.2) is 18.4 Å². The Morgan fingerprint density at radius 2 is 1.85 bits per heavy atom. The summed E-state index contributed by atoms with van der Waals surface area (Å²) in [5.41, 5.74) is 3.04. The summed E-state index contributed by atoms with van der Waals surface area (Å²) in [6, 6.07) is 11.9. The summed E-state index contributed by atoms with van der Waals surface area (Å²) in [7, 11) is 1.67. The Morgan fingerprint density at radius 1 is 1.15 bits per heavy atom. The molecule has 3 rings (SSSR count). The van der Waals surface area contributed by atoms with E-state index in [1.165, 1.54) is 0 Å². The highest BCUT2D eigenvalue weighted by molar-refractivity contribution is 9.11. The van der Waals surface area contributed by atoms with Crippen LogP contribution in [0.25, 0.3) is 5.70 Å². The van der Waals surface area contributed by atoms with E-state index in [0.717, 1.165) is 27.0 Å². The average molecular weight is 483 g/mol. The van der Waals surface area contributed by atoms with E-state index in [1.807, 2.05) is 36.4 Å². The molecule has 6 heteroatoms. The van der Waals surface area contributed by atoms with Crippen molar-refractivity contribution in [2.75, 3.05) is 7.11 Å². The van der Waals surface area contributed by atoms with Crippen molar-refractivity contribution in [3.8, 4) is 11.5 Å². The second-order valence-corrected chi connectivity index (χ2v) is 8.54. The minimum atomic E-state index is 0.00884. The number of phenols is 1. The summed E-state index contributed by atoms with van der Waals surface area (Å²) in [6.45, 7) is 4.39. The van der Waals surface area contributed by atoms with Crippen LogP contribution in [0, 0.1) is 5.92 Å². The van der Waals surface area contributed by atoms with E-state index < -0.39 is 0 Å². The first-order valence-corrected chi connectivity index (χ1v) is 10.1. The van der Waals surface area contributed by atoms with E-state index in [2.05, 4.69) is 62.4 Å². The Kier molecular flexibility index (Phi) is 5.95. The molecule has 0 radical (unpaired) electrons. The zero-order valence-electron chi connectivity index (χ0n) is 15.0. The Labute approximate surface area is 170 Å². The van der Waals surface area contributed by atoms with Gasteiger partial charge in [0.25, 0.3) is 0 Å². The number of nitrogens with two attached hydrogens (primary N) is 1. The minimum absolute atomic E-state index is 0.00884. The first kappa shape index (κ1) is 19.3. The Morgan fingerprint density at radius 3 is 2.46 bits per heavy atom. The number of halogens is 2. The van der Waals surface area contributed by atoms with E-state index >= 15 is 0 Å². The van der Waals surface area contributed by atoms with E-state index in [0.29, 0.717) is 10.4 Å². The van der Waals surface area contributed by atoms with Gasteiger partial charge in [0.1, 0.15) is 17.5 Å². The summed E-state index contributed by atoms with van der Waals surface area (Å²) in [5, 5.41) is 16.4. The summed E-state index contributed by atoms with van der Waals surface area (Å²) in [6.07, 6.45) is 2.37. The second-order valence-electron chi connectivity index (χ2n) is 6.77. The van der Waals surface area contributed by atoms with Gasteiger partial charge in [-0.1, -0.05) is 29.8 Å². The lowest BCUT2D eigenvalue weighted by Gasteiger charge is -2.32. The van der Waals surface area contributed by atoms with Crippen LogP contribution in [0.15, 0.2) is 51.4 Å². The van der Waals surface area contributed by atoms with Crippen LogP contribution in [0.4, 0.5) is 0 Å². The number of nitrogens with one attached hydrogen (secondary N) is 1. The first-order valence-electron chi connectivity index (χ1n) is 8.54. The van der Waals surface area contributed by atoms with Crippen molar-refractivity contribution < 1.29 is 15.2 Å². The normalized spacial score (nSPS) is 19.8. The van der Waals surface area contributed by atoms with Crippen LogP contribution in [-0.2, 0) is 0 Å². The fourth-order valence-corrected chi connectivity index (χ4v) is 4.37. The molecule has 0 aliphatic carbocycles. The minimum Gasteiger partial charge on any atom is -0.506 e. The maximum absolute atomic E-state index is 10.6. The molecule has 0 amide bonds. The molecule has 0 saturated heterocycles. The molecule has 2 aromatic rings. The number of phenolic OH excluding ortho intramolecular Hbond substituents is 1. The molecule has 138 valence electrons. The molecule has 1 heterocycles. The van der Waals surface area contributed by atoms with Gasteiger partial charge in [-0.25, -0.2) is 0 Å². The third-order valence-corrected chi connectivity index (χ3v) is 5.68. The van der Waals surface area contributed by atoms with Gasteiger partial charge in [-0.05, 0) is 57.9 Å². The van der Waals surface area contributed by atoms with Gasteiger partial charge >= 0.3 is 0 Å². The summed E-state index contributed by atoms with van der Waals surface area (Å²) < 4.78 is 6.88. The topological polar surface area (TPSA) is 58.1 Å². The zero-order chi connectivity index (χ0) is 18.8. The van der Waals surface area contributed by atoms with Crippen LogP contribution in [0.5, 0.6) is 11.5 Å². The molecule has 0 aromatic heterocycles. The Hall–Kier alpha value is -1.50. The van der Waals surface area contributed by atoms with Crippen molar-refractivity contribution in [3.63, 3.8) is 0 Å². The molecular weight excluding hydrogens is 460 g/mol. The highest BCUT2D eigenvalue weighted by Gasteiger charge is 2.30. The Bertz CT molecular complexity index is 819. The zero-order valence-corrected chi connectivity index (χ0v) is 18.1. The molecule has 4 N–H and O–H groups in total. The standard InChI is InChI=1S/C20H22Br2N2O2/c1-11(2)20-23-17(12-4-6-14(26-3)7-5-12)10-18(24-20)15-8-13(21)9-16(22)19(15)25/h4-11,18,20,23-25H,1-3H3/p+1. The van der Waals surface area contributed by atoms with Crippen molar-refractivity contribution in [3.05, 3.63) is 62.5 Å². The van der Waals surface area contributed by atoms with Crippen molar-refractivity contribution >= 4 is 37.6 Å². The molecule has 0 fully saturated rings. The van der Waals surface area contributed by atoms with Crippen molar-refractivity contribution in [2.24, 2.45) is 5.92 Å². The van der Waals surface area contributed by atoms with Crippen LogP contribution in [0.1, 0.15) is 31.0 Å². The van der Waals surface area contributed by atoms with Gasteiger partial charge in [0.15, 0.2) is 6.17 Å². The highest BCUT2D eigenvalue weighted by atomic mass is 79.9. The molecule has 2 aromatic carbocycles. The van der Waals surface area contributed by atoms with Gasteiger partial charge in [0.05, 0.1) is 17.1 Å². The smallest absolute Gasteiger partial charge is 0.162 e. The number of ether oxygens (including phenoxy) is 1. The number of aromatic hydroxyl groups is 1. The van der Waals surface area contributed by atoms with Gasteiger partial charge in [-0.2, -0.15) is 0 Å². The predicted octanol–water partition coefficient (Wildman–Crippen LogP) is 4.16. The number of methoxy groups -OCH3 is 1. The van der Waals surface area contributed by atoms with Crippen molar-refractivity contribution in [1.82, 2.24) is 5.32 Å². The lowest BCUT2D eigenvalue weighted by molar-refractivity contribution is -0.729. The van der Waals surface area contributed by atoms with Gasteiger partial charge < -0.3 is 20.5 Å². The van der Waals surface area contributed by atoms with Gasteiger partial charge in [0.2, 0.25) is 0 Å². The van der Waals surface area contributed by atoms with Crippen LogP contribution in [0.2, 0.25) is 0 Å². The molecule has 2 atom stereocenters. The third-order valence-electron chi connectivity index (χ3n) is 4.62.